The molecule has 0 aliphatic carbocycles. The standard InChI is InChI=1S/C8H14N2O2/c1-6(7(2)11)10-5-3-4-9-8(10)12/h6H,3-5H2,1-2H3,(H,9,12). The van der Waals surface area contributed by atoms with Crippen LogP contribution in [0.25, 0.3) is 0 Å². The summed E-state index contributed by atoms with van der Waals surface area (Å²) in [6, 6.07) is -0.408. The topological polar surface area (TPSA) is 49.4 Å². The molecule has 1 N–H and O–H groups in total. The van der Waals surface area contributed by atoms with Gasteiger partial charge in [-0.05, 0) is 20.3 Å². The molecule has 0 saturated carbocycles. The highest BCUT2D eigenvalue weighted by Gasteiger charge is 2.24. The summed E-state index contributed by atoms with van der Waals surface area (Å²) < 4.78 is 0. The molecular formula is C8H14N2O2. The predicted octanol–water partition coefficient (Wildman–Crippen LogP) is 0.379. The molecule has 12 heavy (non-hydrogen) atoms. The molecule has 2 amide bonds. The number of Topliss-reactive ketones (excluding diaryl/α,β-unsaturated/α-hetero) is 1. The minimum atomic E-state index is -0.287. The molecule has 1 fully saturated rings. The maximum Gasteiger partial charge on any atom is 0.318 e. The molecule has 0 aromatic heterocycles. The van der Waals surface area contributed by atoms with Crippen LogP contribution in [-0.2, 0) is 4.79 Å². The zero-order chi connectivity index (χ0) is 9.14. The third-order valence-electron chi connectivity index (χ3n) is 2.17. The van der Waals surface area contributed by atoms with Crippen LogP contribution in [0.2, 0.25) is 0 Å². The zero-order valence-corrected chi connectivity index (χ0v) is 7.46. The molecule has 4 nitrogen and oxygen atoms in total. The zero-order valence-electron chi connectivity index (χ0n) is 7.46. The lowest BCUT2D eigenvalue weighted by Crippen LogP contribution is -2.52. The van der Waals surface area contributed by atoms with Gasteiger partial charge in [0, 0.05) is 13.1 Å². The Bertz CT molecular complexity index is 203. The van der Waals surface area contributed by atoms with E-state index in [1.165, 1.54) is 6.92 Å². The van der Waals surface area contributed by atoms with E-state index in [1.807, 2.05) is 0 Å². The summed E-state index contributed by atoms with van der Waals surface area (Å²) in [5.41, 5.74) is 0. The molecule has 68 valence electrons. The van der Waals surface area contributed by atoms with Crippen molar-refractivity contribution in [1.29, 1.82) is 0 Å². The molecule has 1 aliphatic rings. The molecule has 0 aromatic carbocycles. The molecule has 0 aromatic rings. The lowest BCUT2D eigenvalue weighted by atomic mass is 10.2. The number of hydrogen-bond acceptors (Lipinski definition) is 2. The van der Waals surface area contributed by atoms with E-state index in [0.29, 0.717) is 6.54 Å². The molecular weight excluding hydrogens is 156 g/mol. The predicted molar refractivity (Wildman–Crippen MR) is 44.9 cm³/mol. The van der Waals surface area contributed by atoms with Crippen molar-refractivity contribution < 1.29 is 9.59 Å². The van der Waals surface area contributed by atoms with Gasteiger partial charge in [0.15, 0.2) is 5.78 Å². The first-order chi connectivity index (χ1) is 5.63. The van der Waals surface area contributed by atoms with Crippen molar-refractivity contribution >= 4 is 11.8 Å². The minimum absolute atomic E-state index is 0.0343. The van der Waals surface area contributed by atoms with Crippen molar-refractivity contribution in [2.24, 2.45) is 0 Å². The number of carbonyl (C=O) groups is 2. The maximum atomic E-state index is 11.2. The van der Waals surface area contributed by atoms with Gasteiger partial charge in [-0.1, -0.05) is 0 Å². The Kier molecular flexibility index (Phi) is 2.68. The van der Waals surface area contributed by atoms with E-state index in [2.05, 4.69) is 5.32 Å². The maximum absolute atomic E-state index is 11.2. The molecule has 1 heterocycles. The molecule has 0 radical (unpaired) electrons. The molecule has 1 unspecified atom stereocenters. The first kappa shape index (κ1) is 9.03. The van der Waals surface area contributed by atoms with Crippen LogP contribution in [0.5, 0.6) is 0 Å². The number of hydrogen-bond donors (Lipinski definition) is 1. The van der Waals surface area contributed by atoms with Crippen molar-refractivity contribution in [3.05, 3.63) is 0 Å². The number of carbonyl (C=O) groups excluding carboxylic acids is 2. The van der Waals surface area contributed by atoms with Crippen molar-refractivity contribution in [2.75, 3.05) is 13.1 Å². The average molecular weight is 170 g/mol. The SMILES string of the molecule is CC(=O)C(C)N1CCCNC1=O. The van der Waals surface area contributed by atoms with E-state index in [-0.39, 0.29) is 17.9 Å². The number of ketones is 1. The summed E-state index contributed by atoms with van der Waals surface area (Å²) in [4.78, 5) is 23.7. The number of amides is 2. The van der Waals surface area contributed by atoms with Crippen LogP contribution < -0.4 is 5.32 Å². The quantitative estimate of drug-likeness (QED) is 0.651. The third kappa shape index (κ3) is 1.75. The fraction of sp³-hybridized carbons (Fsp3) is 0.750. The van der Waals surface area contributed by atoms with Crippen LogP contribution in [-0.4, -0.2) is 35.8 Å². The smallest absolute Gasteiger partial charge is 0.318 e. The fourth-order valence-corrected chi connectivity index (χ4v) is 1.24. The van der Waals surface area contributed by atoms with Gasteiger partial charge < -0.3 is 10.2 Å². The number of rotatable bonds is 2. The van der Waals surface area contributed by atoms with Crippen LogP contribution in [0.3, 0.4) is 0 Å². The van der Waals surface area contributed by atoms with E-state index >= 15 is 0 Å². The lowest BCUT2D eigenvalue weighted by Gasteiger charge is -2.31. The summed E-state index contributed by atoms with van der Waals surface area (Å²) >= 11 is 0. The van der Waals surface area contributed by atoms with E-state index in [4.69, 9.17) is 0 Å². The highest BCUT2D eigenvalue weighted by Crippen LogP contribution is 2.05. The normalized spacial score (nSPS) is 20.2. The second-order valence-electron chi connectivity index (χ2n) is 3.07. The Morgan fingerprint density at radius 2 is 2.33 bits per heavy atom. The minimum Gasteiger partial charge on any atom is -0.338 e. The number of nitrogens with one attached hydrogen (secondary N) is 1. The largest absolute Gasteiger partial charge is 0.338 e. The monoisotopic (exact) mass is 170 g/mol. The van der Waals surface area contributed by atoms with E-state index in [0.717, 1.165) is 13.0 Å². The van der Waals surface area contributed by atoms with Gasteiger partial charge in [0.25, 0.3) is 0 Å². The van der Waals surface area contributed by atoms with Gasteiger partial charge in [-0.25, -0.2) is 4.79 Å². The van der Waals surface area contributed by atoms with Crippen molar-refractivity contribution in [1.82, 2.24) is 10.2 Å². The highest BCUT2D eigenvalue weighted by atomic mass is 16.2. The van der Waals surface area contributed by atoms with Crippen molar-refractivity contribution in [2.45, 2.75) is 26.3 Å². The Morgan fingerprint density at radius 3 is 2.83 bits per heavy atom. The van der Waals surface area contributed by atoms with Crippen LogP contribution in [0.4, 0.5) is 4.79 Å². The van der Waals surface area contributed by atoms with E-state index in [1.54, 1.807) is 11.8 Å². The van der Waals surface area contributed by atoms with Gasteiger partial charge in [-0.3, -0.25) is 4.79 Å². The Morgan fingerprint density at radius 1 is 1.67 bits per heavy atom. The Hall–Kier alpha value is -1.06. The van der Waals surface area contributed by atoms with Crippen LogP contribution in [0, 0.1) is 0 Å². The Balaban J connectivity index is 2.59. The number of nitrogens with zero attached hydrogens (tertiary/aromatic N) is 1. The summed E-state index contributed by atoms with van der Waals surface area (Å²) in [5, 5.41) is 2.70. The van der Waals surface area contributed by atoms with Gasteiger partial charge >= 0.3 is 6.03 Å². The van der Waals surface area contributed by atoms with Gasteiger partial charge in [0.2, 0.25) is 0 Å². The summed E-state index contributed by atoms with van der Waals surface area (Å²) in [6.45, 7) is 4.67. The Labute approximate surface area is 71.9 Å². The molecule has 0 bridgehead atoms. The van der Waals surface area contributed by atoms with Gasteiger partial charge in [0.1, 0.15) is 0 Å². The lowest BCUT2D eigenvalue weighted by molar-refractivity contribution is -0.120. The second kappa shape index (κ2) is 3.56. The summed E-state index contributed by atoms with van der Waals surface area (Å²) in [6.07, 6.45) is 0.920. The third-order valence-corrected chi connectivity index (χ3v) is 2.17. The molecule has 1 saturated heterocycles. The first-order valence-corrected chi connectivity index (χ1v) is 4.18. The molecule has 4 heteroatoms. The molecule has 0 spiro atoms. The van der Waals surface area contributed by atoms with Crippen LogP contribution in [0.15, 0.2) is 0 Å². The van der Waals surface area contributed by atoms with Gasteiger partial charge in [0.05, 0.1) is 6.04 Å². The van der Waals surface area contributed by atoms with E-state index < -0.39 is 0 Å². The van der Waals surface area contributed by atoms with Crippen LogP contribution in [0.1, 0.15) is 20.3 Å². The summed E-state index contributed by atoms with van der Waals surface area (Å²) in [7, 11) is 0. The van der Waals surface area contributed by atoms with Crippen LogP contribution >= 0.6 is 0 Å². The number of urea groups is 1. The van der Waals surface area contributed by atoms with Crippen molar-refractivity contribution in [3.63, 3.8) is 0 Å². The fourth-order valence-electron chi connectivity index (χ4n) is 1.24. The van der Waals surface area contributed by atoms with E-state index in [9.17, 15) is 9.59 Å². The summed E-state index contributed by atoms with van der Waals surface area (Å²) in [5.74, 6) is 0.0343. The second-order valence-corrected chi connectivity index (χ2v) is 3.07. The van der Waals surface area contributed by atoms with Gasteiger partial charge in [-0.15, -0.1) is 0 Å². The first-order valence-electron chi connectivity index (χ1n) is 4.18. The van der Waals surface area contributed by atoms with Gasteiger partial charge in [-0.2, -0.15) is 0 Å². The molecule has 1 aliphatic heterocycles. The molecule has 1 atom stereocenters. The molecule has 1 rings (SSSR count). The highest BCUT2D eigenvalue weighted by molar-refractivity contribution is 5.86. The average Bonchev–Trinajstić information content (AvgIpc) is 2.04. The van der Waals surface area contributed by atoms with Crippen molar-refractivity contribution in [3.8, 4) is 0 Å².